The molecule has 4 saturated carbocycles. The van der Waals surface area contributed by atoms with Crippen LogP contribution in [0.25, 0.3) is 0 Å². The van der Waals surface area contributed by atoms with Crippen molar-refractivity contribution in [1.82, 2.24) is 0 Å². The molecule has 328 valence electrons. The fraction of sp³-hybridized carbons (Fsp3) is 0.907. The zero-order chi connectivity index (χ0) is 41.5. The average molecular weight is 823 g/mol. The largest absolute Gasteiger partial charge is 0.458 e. The summed E-state index contributed by atoms with van der Waals surface area (Å²) >= 11 is 0. The van der Waals surface area contributed by atoms with Crippen molar-refractivity contribution in [2.45, 2.75) is 204 Å². The Kier molecular flexibility index (Phi) is 12.0. The molecule has 0 bridgehead atoms. The molecule has 4 heterocycles. The minimum absolute atomic E-state index is 0.0551. The Morgan fingerprint density at radius 1 is 0.724 bits per heavy atom. The molecule has 15 nitrogen and oxygen atoms in total. The molecule has 5 N–H and O–H groups in total. The number of hydrogen-bond donors (Lipinski definition) is 5. The standard InChI is InChI=1S/C43H66O15/c1-20-38(55-23(4)44)30(45)17-36(53-20)57-40-22(3)54-37(18-32(40)47)58-39-21(2)52-35(16-31(39)46)56-26-9-11-41(5)25(14-26)7-8-28-29(41)15-33(48)42(6)27(10-12-43(28,42)50)24-13-34(49)51-19-24/h13,20-22,25-33,35-40,45-48,50H,7-12,14-19H2,1-6H3/t20-,21-,22-,25+,26-,27-,28-,29+,30-,31-,32-,33-,35+,36+,37+,38-,39-,40-,41-,42+,43-/m1/s1. The molecule has 58 heavy (non-hydrogen) atoms. The van der Waals surface area contributed by atoms with Crippen LogP contribution >= 0.6 is 0 Å². The minimum atomic E-state index is -1.02. The van der Waals surface area contributed by atoms with Crippen LogP contribution in [0.15, 0.2) is 11.6 Å². The molecule has 8 aliphatic rings. The maximum Gasteiger partial charge on any atom is 0.331 e. The molecule has 0 unspecified atom stereocenters. The summed E-state index contributed by atoms with van der Waals surface area (Å²) < 4.78 is 47.6. The van der Waals surface area contributed by atoms with E-state index in [1.165, 1.54) is 6.92 Å². The molecule has 8 rings (SSSR count). The Morgan fingerprint density at radius 2 is 1.29 bits per heavy atom. The number of carbonyl (C=O) groups is 2. The maximum atomic E-state index is 12.6. The van der Waals surface area contributed by atoms with Crippen molar-refractivity contribution in [3.8, 4) is 0 Å². The molecule has 0 aromatic heterocycles. The van der Waals surface area contributed by atoms with Gasteiger partial charge in [0.1, 0.15) is 18.8 Å². The Balaban J connectivity index is 0.823. The predicted octanol–water partition coefficient (Wildman–Crippen LogP) is 2.79. The summed E-state index contributed by atoms with van der Waals surface area (Å²) in [5.41, 5.74) is -0.916. The second-order valence-corrected chi connectivity index (χ2v) is 19.4. The van der Waals surface area contributed by atoms with Crippen molar-refractivity contribution in [2.75, 3.05) is 6.61 Å². The summed E-state index contributed by atoms with van der Waals surface area (Å²) in [6.45, 7) is 11.2. The number of aliphatic hydroxyl groups is 5. The van der Waals surface area contributed by atoms with Crippen LogP contribution in [0.1, 0.15) is 112 Å². The van der Waals surface area contributed by atoms with Gasteiger partial charge in [-0.25, -0.2) is 4.79 Å². The van der Waals surface area contributed by atoms with E-state index in [1.807, 2.05) is 13.8 Å². The normalized spacial score (nSPS) is 53.2. The Hall–Kier alpha value is -1.76. The van der Waals surface area contributed by atoms with Crippen LogP contribution in [0.5, 0.6) is 0 Å². The van der Waals surface area contributed by atoms with Gasteiger partial charge < -0.3 is 63.4 Å². The molecular weight excluding hydrogens is 756 g/mol. The molecule has 7 fully saturated rings. The molecular formula is C43H66O15. The third-order valence-electron chi connectivity index (χ3n) is 16.2. The topological polar surface area (TPSA) is 209 Å². The van der Waals surface area contributed by atoms with Gasteiger partial charge in [-0.05, 0) is 107 Å². The van der Waals surface area contributed by atoms with Gasteiger partial charge >= 0.3 is 11.9 Å². The van der Waals surface area contributed by atoms with Crippen LogP contribution in [0.2, 0.25) is 0 Å². The molecule has 21 atom stereocenters. The first kappa shape index (κ1) is 42.9. The molecule has 0 radical (unpaired) electrons. The molecule has 3 saturated heterocycles. The third kappa shape index (κ3) is 7.49. The maximum absolute atomic E-state index is 12.6. The molecule has 15 heteroatoms. The second-order valence-electron chi connectivity index (χ2n) is 19.4. The highest BCUT2D eigenvalue weighted by Crippen LogP contribution is 2.70. The quantitative estimate of drug-likeness (QED) is 0.176. The fourth-order valence-corrected chi connectivity index (χ4v) is 13.1. The lowest BCUT2D eigenvalue weighted by Crippen LogP contribution is -2.67. The van der Waals surface area contributed by atoms with Crippen LogP contribution in [0.4, 0.5) is 0 Å². The summed E-state index contributed by atoms with van der Waals surface area (Å²) in [6.07, 6.45) is -1.64. The zero-order valence-corrected chi connectivity index (χ0v) is 34.8. The fourth-order valence-electron chi connectivity index (χ4n) is 13.1. The first-order valence-corrected chi connectivity index (χ1v) is 21.8. The second kappa shape index (κ2) is 16.2. The number of hydrogen-bond acceptors (Lipinski definition) is 15. The monoisotopic (exact) mass is 822 g/mol. The van der Waals surface area contributed by atoms with E-state index in [-0.39, 0.29) is 61.1 Å². The molecule has 4 aliphatic heterocycles. The third-order valence-corrected chi connectivity index (χ3v) is 16.2. The van der Waals surface area contributed by atoms with Crippen LogP contribution < -0.4 is 0 Å². The SMILES string of the molecule is CC(=O)O[C@H]1[C@H](O)C[C@H](O[C@H]2[C@H](O)C[C@H](O[C@H]3[C@H](O)C[C@H](O[C@@H]4CC[C@]5(C)[C@@H](CC[C@@H]6[C@@H]5C[C@@H](O)[C@]5(C)[C@@H](C7=CC(=O)OC7)CC[C@@]65O)C4)O[C@@H]3C)O[C@@H]2C)O[C@@H]1C. The first-order valence-electron chi connectivity index (χ1n) is 21.8. The number of carbonyl (C=O) groups excluding carboxylic acids is 2. The number of cyclic esters (lactones) is 1. The number of ether oxygens (including phenoxy) is 8. The highest BCUT2D eigenvalue weighted by atomic mass is 16.7. The molecule has 0 aromatic rings. The van der Waals surface area contributed by atoms with Crippen LogP contribution in [0, 0.1) is 34.5 Å². The minimum Gasteiger partial charge on any atom is -0.458 e. The van der Waals surface area contributed by atoms with Gasteiger partial charge in [-0.2, -0.15) is 0 Å². The van der Waals surface area contributed by atoms with Crippen molar-refractivity contribution in [3.63, 3.8) is 0 Å². The Labute approximate surface area is 341 Å². The van der Waals surface area contributed by atoms with Crippen LogP contribution in [-0.4, -0.2) is 136 Å². The van der Waals surface area contributed by atoms with Crippen molar-refractivity contribution < 1.29 is 73.0 Å². The predicted molar refractivity (Wildman–Crippen MR) is 202 cm³/mol. The summed E-state index contributed by atoms with van der Waals surface area (Å²) in [6, 6.07) is 0. The van der Waals surface area contributed by atoms with E-state index in [2.05, 4.69) is 6.92 Å². The molecule has 0 amide bonds. The number of aliphatic hydroxyl groups excluding tert-OH is 4. The van der Waals surface area contributed by atoms with Crippen molar-refractivity contribution in [3.05, 3.63) is 11.6 Å². The summed E-state index contributed by atoms with van der Waals surface area (Å²) in [5, 5.41) is 57.5. The van der Waals surface area contributed by atoms with E-state index in [1.54, 1.807) is 19.9 Å². The van der Waals surface area contributed by atoms with E-state index >= 15 is 0 Å². The smallest absolute Gasteiger partial charge is 0.331 e. The van der Waals surface area contributed by atoms with E-state index in [0.29, 0.717) is 18.8 Å². The van der Waals surface area contributed by atoms with Gasteiger partial charge in [0.05, 0.1) is 54.4 Å². The summed E-state index contributed by atoms with van der Waals surface area (Å²) in [4.78, 5) is 23.4. The van der Waals surface area contributed by atoms with Gasteiger partial charge in [0.25, 0.3) is 0 Å². The van der Waals surface area contributed by atoms with Gasteiger partial charge in [-0.3, -0.25) is 4.79 Å². The van der Waals surface area contributed by atoms with Crippen molar-refractivity contribution in [2.24, 2.45) is 34.5 Å². The van der Waals surface area contributed by atoms with E-state index in [0.717, 1.165) is 44.1 Å². The van der Waals surface area contributed by atoms with Gasteiger partial charge in [0, 0.05) is 37.7 Å². The highest BCUT2D eigenvalue weighted by Gasteiger charge is 2.71. The molecule has 0 aromatic carbocycles. The van der Waals surface area contributed by atoms with E-state index in [9.17, 15) is 35.1 Å². The van der Waals surface area contributed by atoms with Crippen LogP contribution in [0.3, 0.4) is 0 Å². The average Bonchev–Trinajstić information content (AvgIpc) is 3.70. The van der Waals surface area contributed by atoms with Crippen molar-refractivity contribution in [1.29, 1.82) is 0 Å². The van der Waals surface area contributed by atoms with E-state index in [4.69, 9.17) is 37.9 Å². The Morgan fingerprint density at radius 3 is 1.83 bits per heavy atom. The van der Waals surface area contributed by atoms with E-state index < -0.39 is 96.9 Å². The van der Waals surface area contributed by atoms with Gasteiger partial charge in [-0.15, -0.1) is 0 Å². The summed E-state index contributed by atoms with van der Waals surface area (Å²) in [5.74, 6) is -0.339. The first-order chi connectivity index (χ1) is 27.4. The lowest BCUT2D eigenvalue weighted by Gasteiger charge is -2.65. The zero-order valence-electron chi connectivity index (χ0n) is 34.8. The molecule has 0 spiro atoms. The van der Waals surface area contributed by atoms with Gasteiger partial charge in [-0.1, -0.05) is 13.8 Å². The van der Waals surface area contributed by atoms with Crippen molar-refractivity contribution >= 4 is 11.9 Å². The lowest BCUT2D eigenvalue weighted by molar-refractivity contribution is -0.336. The number of esters is 2. The highest BCUT2D eigenvalue weighted by molar-refractivity contribution is 5.85. The number of fused-ring (bicyclic) bond motifs is 5. The van der Waals surface area contributed by atoms with Crippen LogP contribution in [-0.2, 0) is 47.5 Å². The van der Waals surface area contributed by atoms with Gasteiger partial charge in [0.15, 0.2) is 25.0 Å². The van der Waals surface area contributed by atoms with Gasteiger partial charge in [0.2, 0.25) is 0 Å². The molecule has 4 aliphatic carbocycles. The number of rotatable bonds is 8. The lowest BCUT2D eigenvalue weighted by atomic mass is 9.42. The Bertz CT molecular complexity index is 1520. The summed E-state index contributed by atoms with van der Waals surface area (Å²) in [7, 11) is 0.